The number of carbonyl (C=O) groups is 2. The summed E-state index contributed by atoms with van der Waals surface area (Å²) in [6.45, 7) is 4.06. The number of methoxy groups -OCH3 is 1. The summed E-state index contributed by atoms with van der Waals surface area (Å²) in [6, 6.07) is 7.12. The number of anilines is 1. The lowest BCUT2D eigenvalue weighted by molar-refractivity contribution is 0.0603. The number of aromatic amines is 2. The van der Waals surface area contributed by atoms with Crippen LogP contribution in [0, 0.1) is 0 Å². The number of amides is 1. The van der Waals surface area contributed by atoms with E-state index in [0.717, 1.165) is 16.6 Å². The summed E-state index contributed by atoms with van der Waals surface area (Å²) < 4.78 is 4.75. The molecule has 124 valence electrons. The number of nitrogens with one attached hydrogen (secondary N) is 3. The first-order valence-corrected chi connectivity index (χ1v) is 7.69. The fourth-order valence-corrected chi connectivity index (χ4v) is 2.74. The van der Waals surface area contributed by atoms with E-state index in [0.29, 0.717) is 16.8 Å². The van der Waals surface area contributed by atoms with Crippen LogP contribution >= 0.6 is 0 Å². The quantitative estimate of drug-likeness (QED) is 0.640. The topological polar surface area (TPSA) is 87.0 Å². The predicted molar refractivity (Wildman–Crippen MR) is 92.5 cm³/mol. The van der Waals surface area contributed by atoms with Crippen LogP contribution in [0.15, 0.2) is 36.7 Å². The van der Waals surface area contributed by atoms with Gasteiger partial charge in [-0.05, 0) is 30.2 Å². The maximum Gasteiger partial charge on any atom is 0.340 e. The van der Waals surface area contributed by atoms with E-state index in [1.807, 2.05) is 13.8 Å². The van der Waals surface area contributed by atoms with Crippen LogP contribution in [0.5, 0.6) is 0 Å². The highest BCUT2D eigenvalue weighted by molar-refractivity contribution is 6.08. The smallest absolute Gasteiger partial charge is 0.340 e. The zero-order valence-corrected chi connectivity index (χ0v) is 13.8. The number of benzene rings is 1. The van der Waals surface area contributed by atoms with E-state index in [1.54, 1.807) is 36.7 Å². The standard InChI is InChI=1S/C18H19N3O3/c1-10(2)16-13(6-7-19-16)17(22)21-11-4-5-12-14(18(23)24-3)9-20-15(12)8-11/h4-10,19-20H,1-3H3,(H,21,22). The van der Waals surface area contributed by atoms with Crippen molar-refractivity contribution in [2.45, 2.75) is 19.8 Å². The van der Waals surface area contributed by atoms with Gasteiger partial charge in [0.05, 0.1) is 18.2 Å². The summed E-state index contributed by atoms with van der Waals surface area (Å²) >= 11 is 0. The van der Waals surface area contributed by atoms with Crippen molar-refractivity contribution >= 4 is 28.5 Å². The Labute approximate surface area is 139 Å². The summed E-state index contributed by atoms with van der Waals surface area (Å²) in [6.07, 6.45) is 3.37. The molecule has 2 aromatic heterocycles. The summed E-state index contributed by atoms with van der Waals surface area (Å²) in [5.74, 6) is -0.333. The van der Waals surface area contributed by atoms with E-state index in [-0.39, 0.29) is 11.8 Å². The normalized spacial score (nSPS) is 11.0. The number of fused-ring (bicyclic) bond motifs is 1. The molecule has 0 aliphatic heterocycles. The van der Waals surface area contributed by atoms with E-state index >= 15 is 0 Å². The van der Waals surface area contributed by atoms with E-state index in [2.05, 4.69) is 15.3 Å². The lowest BCUT2D eigenvalue weighted by atomic mass is 10.1. The van der Waals surface area contributed by atoms with Gasteiger partial charge in [0.25, 0.3) is 5.91 Å². The van der Waals surface area contributed by atoms with Gasteiger partial charge in [0.15, 0.2) is 0 Å². The fraction of sp³-hybridized carbons (Fsp3) is 0.222. The Hall–Kier alpha value is -3.02. The van der Waals surface area contributed by atoms with Crippen molar-refractivity contribution in [2.75, 3.05) is 12.4 Å². The van der Waals surface area contributed by atoms with Crippen molar-refractivity contribution < 1.29 is 14.3 Å². The molecule has 6 nitrogen and oxygen atoms in total. The molecule has 3 aromatic rings. The summed E-state index contributed by atoms with van der Waals surface area (Å²) in [5, 5.41) is 3.64. The van der Waals surface area contributed by atoms with Crippen molar-refractivity contribution in [3.8, 4) is 0 Å². The number of esters is 1. The first kappa shape index (κ1) is 15.9. The third kappa shape index (κ3) is 2.78. The molecule has 0 saturated heterocycles. The third-order valence-corrected chi connectivity index (χ3v) is 3.95. The van der Waals surface area contributed by atoms with Gasteiger partial charge in [0.2, 0.25) is 0 Å². The van der Waals surface area contributed by atoms with Gasteiger partial charge in [-0.25, -0.2) is 4.79 Å². The Morgan fingerprint density at radius 3 is 2.62 bits per heavy atom. The molecule has 3 rings (SSSR count). The van der Waals surface area contributed by atoms with Crippen LogP contribution in [0.4, 0.5) is 5.69 Å². The molecule has 2 heterocycles. The predicted octanol–water partition coefficient (Wildman–Crippen LogP) is 3.66. The molecule has 0 radical (unpaired) electrons. The Bertz CT molecular complexity index is 905. The molecule has 1 amide bonds. The molecule has 0 spiro atoms. The molecule has 0 fully saturated rings. The van der Waals surface area contributed by atoms with E-state index in [1.165, 1.54) is 7.11 Å². The van der Waals surface area contributed by atoms with E-state index < -0.39 is 5.97 Å². The van der Waals surface area contributed by atoms with Crippen LogP contribution in [0.3, 0.4) is 0 Å². The van der Waals surface area contributed by atoms with Crippen molar-refractivity contribution in [1.29, 1.82) is 0 Å². The third-order valence-electron chi connectivity index (χ3n) is 3.95. The van der Waals surface area contributed by atoms with Gasteiger partial charge in [-0.2, -0.15) is 0 Å². The molecule has 24 heavy (non-hydrogen) atoms. The Balaban J connectivity index is 1.87. The molecule has 0 unspecified atom stereocenters. The van der Waals surface area contributed by atoms with Crippen molar-refractivity contribution in [1.82, 2.24) is 9.97 Å². The van der Waals surface area contributed by atoms with Crippen LogP contribution in [0.25, 0.3) is 10.9 Å². The van der Waals surface area contributed by atoms with Crippen molar-refractivity contribution in [3.63, 3.8) is 0 Å². The van der Waals surface area contributed by atoms with Gasteiger partial charge in [-0.15, -0.1) is 0 Å². The van der Waals surface area contributed by atoms with E-state index in [4.69, 9.17) is 4.74 Å². The Morgan fingerprint density at radius 2 is 1.92 bits per heavy atom. The van der Waals surface area contributed by atoms with Gasteiger partial charge < -0.3 is 20.0 Å². The molecular weight excluding hydrogens is 306 g/mol. The van der Waals surface area contributed by atoms with Gasteiger partial charge in [-0.1, -0.05) is 13.8 Å². The first-order chi connectivity index (χ1) is 11.5. The number of H-pyrrole nitrogens is 2. The molecule has 6 heteroatoms. The van der Waals surface area contributed by atoms with Crippen LogP contribution in [0.1, 0.15) is 46.2 Å². The summed E-state index contributed by atoms with van der Waals surface area (Å²) in [7, 11) is 1.35. The largest absolute Gasteiger partial charge is 0.465 e. The molecule has 3 N–H and O–H groups in total. The van der Waals surface area contributed by atoms with Gasteiger partial charge in [0.1, 0.15) is 0 Å². The lowest BCUT2D eigenvalue weighted by Gasteiger charge is -2.09. The minimum absolute atomic E-state index is 0.168. The number of rotatable bonds is 4. The zero-order valence-electron chi connectivity index (χ0n) is 13.8. The highest BCUT2D eigenvalue weighted by atomic mass is 16.5. The highest BCUT2D eigenvalue weighted by Crippen LogP contribution is 2.24. The minimum atomic E-state index is -0.396. The molecule has 0 aliphatic carbocycles. The second-order valence-corrected chi connectivity index (χ2v) is 5.87. The molecule has 1 aromatic carbocycles. The van der Waals surface area contributed by atoms with E-state index in [9.17, 15) is 9.59 Å². The molecule has 0 bridgehead atoms. The Kier molecular flexibility index (Phi) is 4.12. The van der Waals surface area contributed by atoms with Crippen molar-refractivity contribution in [2.24, 2.45) is 0 Å². The zero-order chi connectivity index (χ0) is 17.3. The molecule has 0 atom stereocenters. The van der Waals surface area contributed by atoms with Gasteiger partial charge in [0, 0.05) is 34.7 Å². The first-order valence-electron chi connectivity index (χ1n) is 7.69. The van der Waals surface area contributed by atoms with Crippen LogP contribution in [0.2, 0.25) is 0 Å². The number of ether oxygens (including phenoxy) is 1. The second kappa shape index (κ2) is 6.23. The molecule has 0 saturated carbocycles. The highest BCUT2D eigenvalue weighted by Gasteiger charge is 2.16. The summed E-state index contributed by atoms with van der Waals surface area (Å²) in [5.41, 5.74) is 3.42. The maximum absolute atomic E-state index is 12.5. The number of aromatic nitrogens is 2. The number of hydrogen-bond acceptors (Lipinski definition) is 3. The second-order valence-electron chi connectivity index (χ2n) is 5.87. The lowest BCUT2D eigenvalue weighted by Crippen LogP contribution is -2.13. The van der Waals surface area contributed by atoms with Gasteiger partial charge >= 0.3 is 5.97 Å². The number of hydrogen-bond donors (Lipinski definition) is 3. The molecular formula is C18H19N3O3. The van der Waals surface area contributed by atoms with Crippen LogP contribution in [-0.4, -0.2) is 29.0 Å². The average molecular weight is 325 g/mol. The average Bonchev–Trinajstić information content (AvgIpc) is 3.20. The fourth-order valence-electron chi connectivity index (χ4n) is 2.74. The SMILES string of the molecule is COC(=O)c1c[nH]c2cc(NC(=O)c3cc[nH]c3C(C)C)ccc12. The summed E-state index contributed by atoms with van der Waals surface area (Å²) in [4.78, 5) is 30.3. The van der Waals surface area contributed by atoms with Crippen LogP contribution in [-0.2, 0) is 4.74 Å². The van der Waals surface area contributed by atoms with Crippen LogP contribution < -0.4 is 5.32 Å². The monoisotopic (exact) mass is 325 g/mol. The van der Waals surface area contributed by atoms with Crippen molar-refractivity contribution in [3.05, 3.63) is 53.5 Å². The number of carbonyl (C=O) groups excluding carboxylic acids is 2. The minimum Gasteiger partial charge on any atom is -0.465 e. The van der Waals surface area contributed by atoms with Gasteiger partial charge in [-0.3, -0.25) is 4.79 Å². The molecule has 0 aliphatic rings. The Morgan fingerprint density at radius 1 is 1.12 bits per heavy atom. The maximum atomic E-state index is 12.5.